The minimum absolute atomic E-state index is 0.315. The summed E-state index contributed by atoms with van der Waals surface area (Å²) in [6.07, 6.45) is 0. The van der Waals surface area contributed by atoms with Crippen LogP contribution in [0.1, 0.15) is 10.4 Å². The van der Waals surface area contributed by atoms with E-state index < -0.39 is 22.5 Å². The van der Waals surface area contributed by atoms with Crippen LogP contribution in [0.2, 0.25) is 0 Å². The van der Waals surface area contributed by atoms with Gasteiger partial charge in [0.2, 0.25) is 0 Å². The summed E-state index contributed by atoms with van der Waals surface area (Å²) >= 11 is 0. The molecule has 1 aromatic rings. The number of amides is 1. The van der Waals surface area contributed by atoms with Gasteiger partial charge >= 0.3 is 0 Å². The second kappa shape index (κ2) is 4.26. The molecule has 1 aromatic carbocycles. The Balaban J connectivity index is 3.11. The van der Waals surface area contributed by atoms with Crippen molar-refractivity contribution in [1.29, 1.82) is 5.41 Å². The van der Waals surface area contributed by atoms with Crippen LogP contribution in [0.25, 0.3) is 0 Å². The lowest BCUT2D eigenvalue weighted by Gasteiger charge is -2.04. The number of aromatic hydroxyl groups is 1. The number of nitro benzene ring substituents is 1. The van der Waals surface area contributed by atoms with E-state index in [2.05, 4.69) is 0 Å². The number of nitro groups is 1. The van der Waals surface area contributed by atoms with Crippen LogP contribution in [0.15, 0.2) is 18.2 Å². The summed E-state index contributed by atoms with van der Waals surface area (Å²) in [7, 11) is 0. The Hall–Kier alpha value is -2.64. The van der Waals surface area contributed by atoms with Crippen molar-refractivity contribution in [1.82, 2.24) is 5.32 Å². The molecule has 16 heavy (non-hydrogen) atoms. The van der Waals surface area contributed by atoms with Gasteiger partial charge < -0.3 is 10.8 Å². The number of non-ortho nitro benzene ring substituents is 1. The average Bonchev–Trinajstić information content (AvgIpc) is 2.16. The highest BCUT2D eigenvalue weighted by atomic mass is 16.6. The number of phenolic OH excluding ortho intramolecular Hbond substituents is 1. The molecule has 0 aromatic heterocycles. The molecule has 0 saturated heterocycles. The Bertz CT molecular complexity index is 471. The van der Waals surface area contributed by atoms with Crippen molar-refractivity contribution >= 4 is 17.6 Å². The summed E-state index contributed by atoms with van der Waals surface area (Å²) in [5.41, 5.74) is 4.26. The smallest absolute Gasteiger partial charge is 0.270 e. The summed E-state index contributed by atoms with van der Waals surface area (Å²) < 4.78 is 0. The first-order valence-electron chi connectivity index (χ1n) is 4.04. The predicted octanol–water partition coefficient (Wildman–Crippen LogP) is -0.0763. The molecule has 84 valence electrons. The van der Waals surface area contributed by atoms with Crippen molar-refractivity contribution in [3.05, 3.63) is 33.9 Å². The zero-order chi connectivity index (χ0) is 12.3. The molecule has 0 atom stereocenters. The zero-order valence-corrected chi connectivity index (χ0v) is 7.93. The number of guanidine groups is 1. The van der Waals surface area contributed by atoms with Gasteiger partial charge in [-0.2, -0.15) is 0 Å². The Kier molecular flexibility index (Phi) is 3.04. The molecule has 0 heterocycles. The van der Waals surface area contributed by atoms with Crippen LogP contribution >= 0.6 is 0 Å². The van der Waals surface area contributed by atoms with E-state index in [0.717, 1.165) is 18.2 Å². The molecule has 0 fully saturated rings. The fourth-order valence-electron chi connectivity index (χ4n) is 1.01. The third-order valence-electron chi connectivity index (χ3n) is 1.68. The normalized spacial score (nSPS) is 9.50. The van der Waals surface area contributed by atoms with E-state index in [9.17, 15) is 20.0 Å². The molecule has 1 rings (SSSR count). The van der Waals surface area contributed by atoms with E-state index in [4.69, 9.17) is 11.1 Å². The van der Waals surface area contributed by atoms with Crippen LogP contribution in [-0.4, -0.2) is 21.9 Å². The van der Waals surface area contributed by atoms with E-state index in [1.165, 1.54) is 0 Å². The lowest BCUT2D eigenvalue weighted by Crippen LogP contribution is -2.35. The molecule has 0 aliphatic carbocycles. The van der Waals surface area contributed by atoms with E-state index >= 15 is 0 Å². The van der Waals surface area contributed by atoms with Gasteiger partial charge in [0.05, 0.1) is 10.5 Å². The Morgan fingerprint density at radius 1 is 1.56 bits per heavy atom. The Labute approximate surface area is 89.3 Å². The summed E-state index contributed by atoms with van der Waals surface area (Å²) in [5.74, 6) is -1.92. The number of rotatable bonds is 2. The molecule has 0 saturated carbocycles. The van der Waals surface area contributed by atoms with Crippen molar-refractivity contribution in [2.24, 2.45) is 5.73 Å². The standard InChI is InChI=1S/C8H8N4O4/c9-8(10)11-7(14)5-3-4(12(15)16)1-2-6(5)13/h1-3,13H,(H4,9,10,11,14). The van der Waals surface area contributed by atoms with Gasteiger partial charge in [-0.1, -0.05) is 0 Å². The van der Waals surface area contributed by atoms with Gasteiger partial charge in [-0.25, -0.2) is 0 Å². The molecule has 5 N–H and O–H groups in total. The third-order valence-corrected chi connectivity index (χ3v) is 1.68. The minimum Gasteiger partial charge on any atom is -0.507 e. The van der Waals surface area contributed by atoms with E-state index in [0.29, 0.717) is 0 Å². The number of hydrogen-bond donors (Lipinski definition) is 4. The second-order valence-electron chi connectivity index (χ2n) is 2.83. The van der Waals surface area contributed by atoms with E-state index in [1.54, 1.807) is 0 Å². The van der Waals surface area contributed by atoms with Crippen LogP contribution < -0.4 is 11.1 Å². The lowest BCUT2D eigenvalue weighted by atomic mass is 10.1. The summed E-state index contributed by atoms with van der Waals surface area (Å²) in [6.45, 7) is 0. The fraction of sp³-hybridized carbons (Fsp3) is 0. The SMILES string of the molecule is N=C(N)NC(=O)c1cc([N+](=O)[O-])ccc1O. The van der Waals surface area contributed by atoms with Crippen molar-refractivity contribution in [2.75, 3.05) is 0 Å². The number of carbonyl (C=O) groups is 1. The van der Waals surface area contributed by atoms with Gasteiger partial charge in [0.15, 0.2) is 5.96 Å². The lowest BCUT2D eigenvalue weighted by molar-refractivity contribution is -0.384. The van der Waals surface area contributed by atoms with Gasteiger partial charge in [0, 0.05) is 12.1 Å². The zero-order valence-electron chi connectivity index (χ0n) is 7.93. The highest BCUT2D eigenvalue weighted by Gasteiger charge is 2.16. The van der Waals surface area contributed by atoms with Crippen LogP contribution in [0.4, 0.5) is 5.69 Å². The molecule has 0 aliphatic rings. The van der Waals surface area contributed by atoms with Gasteiger partial charge in [0.25, 0.3) is 11.6 Å². The number of benzene rings is 1. The fourth-order valence-corrected chi connectivity index (χ4v) is 1.01. The molecular weight excluding hydrogens is 216 g/mol. The minimum atomic E-state index is -0.881. The van der Waals surface area contributed by atoms with Crippen molar-refractivity contribution in [3.63, 3.8) is 0 Å². The van der Waals surface area contributed by atoms with Crippen molar-refractivity contribution < 1.29 is 14.8 Å². The van der Waals surface area contributed by atoms with Gasteiger partial charge in [-0.3, -0.25) is 25.6 Å². The molecule has 0 spiro atoms. The monoisotopic (exact) mass is 224 g/mol. The quantitative estimate of drug-likeness (QED) is 0.240. The molecule has 0 aliphatic heterocycles. The molecule has 1 amide bonds. The van der Waals surface area contributed by atoms with E-state index in [1.807, 2.05) is 5.32 Å². The maximum Gasteiger partial charge on any atom is 0.270 e. The number of nitrogens with two attached hydrogens (primary N) is 1. The number of carbonyl (C=O) groups excluding carboxylic acids is 1. The van der Waals surface area contributed by atoms with Gasteiger partial charge in [-0.05, 0) is 6.07 Å². The van der Waals surface area contributed by atoms with Crippen LogP contribution in [-0.2, 0) is 0 Å². The molecule has 0 radical (unpaired) electrons. The Morgan fingerprint density at radius 3 is 2.69 bits per heavy atom. The second-order valence-corrected chi connectivity index (χ2v) is 2.83. The summed E-state index contributed by atoms with van der Waals surface area (Å²) in [5, 5.41) is 28.5. The van der Waals surface area contributed by atoms with Gasteiger partial charge in [-0.15, -0.1) is 0 Å². The highest BCUT2D eigenvalue weighted by molar-refractivity contribution is 6.06. The maximum atomic E-state index is 11.3. The van der Waals surface area contributed by atoms with Crippen LogP contribution in [0.5, 0.6) is 5.75 Å². The number of nitrogens with zero attached hydrogens (tertiary/aromatic N) is 1. The number of hydrogen-bond acceptors (Lipinski definition) is 5. The Morgan fingerprint density at radius 2 is 2.19 bits per heavy atom. The summed E-state index contributed by atoms with van der Waals surface area (Å²) in [6, 6.07) is 2.97. The first kappa shape index (κ1) is 11.4. The largest absolute Gasteiger partial charge is 0.507 e. The highest BCUT2D eigenvalue weighted by Crippen LogP contribution is 2.22. The predicted molar refractivity (Wildman–Crippen MR) is 54.1 cm³/mol. The van der Waals surface area contributed by atoms with E-state index in [-0.39, 0.29) is 11.3 Å². The molecule has 8 nitrogen and oxygen atoms in total. The molecular formula is C8H8N4O4. The number of phenols is 1. The summed E-state index contributed by atoms with van der Waals surface area (Å²) in [4.78, 5) is 21.1. The van der Waals surface area contributed by atoms with Crippen LogP contribution in [0, 0.1) is 15.5 Å². The first-order valence-corrected chi connectivity index (χ1v) is 4.04. The van der Waals surface area contributed by atoms with Gasteiger partial charge in [0.1, 0.15) is 5.75 Å². The average molecular weight is 224 g/mol. The third kappa shape index (κ3) is 2.44. The maximum absolute atomic E-state index is 11.3. The molecule has 0 bridgehead atoms. The van der Waals surface area contributed by atoms with Crippen molar-refractivity contribution in [3.8, 4) is 5.75 Å². The van der Waals surface area contributed by atoms with Crippen molar-refractivity contribution in [2.45, 2.75) is 0 Å². The topological polar surface area (TPSA) is 142 Å². The molecule has 0 unspecified atom stereocenters. The first-order chi connectivity index (χ1) is 7.41. The van der Waals surface area contributed by atoms with Crippen LogP contribution in [0.3, 0.4) is 0 Å². The number of nitrogens with one attached hydrogen (secondary N) is 2. The molecule has 8 heteroatoms.